The van der Waals surface area contributed by atoms with Crippen LogP contribution in [-0.2, 0) is 10.1 Å². The molecule has 0 unspecified atom stereocenters. The molecule has 0 radical (unpaired) electrons. The molecule has 0 amide bonds. The highest BCUT2D eigenvalue weighted by atomic mass is 32.2. The molecule has 0 spiro atoms. The van der Waals surface area contributed by atoms with Gasteiger partial charge in [0.1, 0.15) is 0 Å². The minimum atomic E-state index is -4.10. The zero-order chi connectivity index (χ0) is 9.61. The SMILES string of the molecule is C=C/C=C(\C=C/CC)S(=O)(=O)O. The molecule has 0 aliphatic heterocycles. The van der Waals surface area contributed by atoms with Gasteiger partial charge in [0, 0.05) is 0 Å². The third kappa shape index (κ3) is 4.10. The Kier molecular flexibility index (Phi) is 4.54. The summed E-state index contributed by atoms with van der Waals surface area (Å²) in [7, 11) is -4.10. The zero-order valence-electron chi connectivity index (χ0n) is 6.90. The van der Waals surface area contributed by atoms with Crippen molar-refractivity contribution in [3.05, 3.63) is 35.8 Å². The van der Waals surface area contributed by atoms with Crippen LogP contribution in [0.15, 0.2) is 35.8 Å². The zero-order valence-corrected chi connectivity index (χ0v) is 7.71. The van der Waals surface area contributed by atoms with Crippen molar-refractivity contribution < 1.29 is 13.0 Å². The van der Waals surface area contributed by atoms with E-state index in [-0.39, 0.29) is 4.91 Å². The summed E-state index contributed by atoms with van der Waals surface area (Å²) in [6, 6.07) is 0. The Balaban J connectivity index is 4.83. The first-order chi connectivity index (χ1) is 5.52. The molecule has 3 nitrogen and oxygen atoms in total. The van der Waals surface area contributed by atoms with Gasteiger partial charge in [-0.15, -0.1) is 0 Å². The average Bonchev–Trinajstić information content (AvgIpc) is 1.95. The van der Waals surface area contributed by atoms with Crippen LogP contribution < -0.4 is 0 Å². The van der Waals surface area contributed by atoms with Gasteiger partial charge in [-0.3, -0.25) is 4.55 Å². The molecule has 68 valence electrons. The molecule has 0 aliphatic rings. The summed E-state index contributed by atoms with van der Waals surface area (Å²) < 4.78 is 29.9. The van der Waals surface area contributed by atoms with E-state index in [1.165, 1.54) is 18.2 Å². The second-order valence-corrected chi connectivity index (χ2v) is 3.51. The van der Waals surface area contributed by atoms with E-state index in [0.29, 0.717) is 6.42 Å². The molecule has 0 aromatic rings. The molecule has 0 bridgehead atoms. The average molecular weight is 188 g/mol. The van der Waals surface area contributed by atoms with Crippen LogP contribution in [0.25, 0.3) is 0 Å². The third-order valence-corrected chi connectivity index (χ3v) is 1.97. The first-order valence-electron chi connectivity index (χ1n) is 3.49. The standard InChI is InChI=1S/C8H12O3S/c1-3-5-7-8(6-4-2)12(9,10)11/h4-7H,2-3H2,1H3,(H,9,10,11)/b7-5-,8-6+. The number of allylic oxidation sites excluding steroid dienone is 4. The van der Waals surface area contributed by atoms with Gasteiger partial charge in [0.2, 0.25) is 0 Å². The quantitative estimate of drug-likeness (QED) is 0.541. The van der Waals surface area contributed by atoms with Crippen molar-refractivity contribution >= 4 is 10.1 Å². The molecule has 0 heterocycles. The number of hydrogen-bond acceptors (Lipinski definition) is 2. The highest BCUT2D eigenvalue weighted by Crippen LogP contribution is 2.06. The molecule has 0 atom stereocenters. The third-order valence-electron chi connectivity index (χ3n) is 1.10. The van der Waals surface area contributed by atoms with Gasteiger partial charge in [0.25, 0.3) is 10.1 Å². The fourth-order valence-electron chi connectivity index (χ4n) is 0.578. The molecule has 1 N–H and O–H groups in total. The predicted octanol–water partition coefficient (Wildman–Crippen LogP) is 1.91. The van der Waals surface area contributed by atoms with E-state index in [9.17, 15) is 8.42 Å². The Hall–Kier alpha value is -0.870. The first kappa shape index (κ1) is 11.1. The van der Waals surface area contributed by atoms with Gasteiger partial charge in [-0.2, -0.15) is 8.42 Å². The van der Waals surface area contributed by atoms with E-state index in [4.69, 9.17) is 4.55 Å². The van der Waals surface area contributed by atoms with Crippen LogP contribution in [0.3, 0.4) is 0 Å². The van der Waals surface area contributed by atoms with E-state index in [1.807, 2.05) is 6.92 Å². The van der Waals surface area contributed by atoms with Crippen LogP contribution in [0.4, 0.5) is 0 Å². The van der Waals surface area contributed by atoms with E-state index in [1.54, 1.807) is 6.08 Å². The van der Waals surface area contributed by atoms with Crippen molar-refractivity contribution in [2.75, 3.05) is 0 Å². The van der Waals surface area contributed by atoms with Crippen molar-refractivity contribution in [2.24, 2.45) is 0 Å². The molecular weight excluding hydrogens is 176 g/mol. The summed E-state index contributed by atoms with van der Waals surface area (Å²) in [6.07, 6.45) is 6.24. The fourth-order valence-corrected chi connectivity index (χ4v) is 1.11. The van der Waals surface area contributed by atoms with Gasteiger partial charge in [-0.05, 0) is 18.6 Å². The Morgan fingerprint density at radius 1 is 1.58 bits per heavy atom. The lowest BCUT2D eigenvalue weighted by Gasteiger charge is -1.94. The van der Waals surface area contributed by atoms with Crippen molar-refractivity contribution in [3.8, 4) is 0 Å². The van der Waals surface area contributed by atoms with Crippen molar-refractivity contribution in [1.29, 1.82) is 0 Å². The Bertz CT molecular complexity index is 296. The van der Waals surface area contributed by atoms with Crippen LogP contribution in [0.1, 0.15) is 13.3 Å². The highest BCUT2D eigenvalue weighted by molar-refractivity contribution is 7.90. The molecular formula is C8H12O3S. The largest absolute Gasteiger partial charge is 0.294 e. The van der Waals surface area contributed by atoms with Crippen LogP contribution in [-0.4, -0.2) is 13.0 Å². The molecule has 0 aromatic carbocycles. The lowest BCUT2D eigenvalue weighted by Crippen LogP contribution is -1.98. The van der Waals surface area contributed by atoms with Crippen LogP contribution in [0.2, 0.25) is 0 Å². The maximum absolute atomic E-state index is 10.6. The monoisotopic (exact) mass is 188 g/mol. The Labute approximate surface area is 72.9 Å². The molecule has 0 saturated heterocycles. The highest BCUT2D eigenvalue weighted by Gasteiger charge is 2.07. The van der Waals surface area contributed by atoms with E-state index in [0.717, 1.165) is 0 Å². The molecule has 0 fully saturated rings. The van der Waals surface area contributed by atoms with E-state index >= 15 is 0 Å². The molecule has 4 heteroatoms. The Morgan fingerprint density at radius 2 is 2.17 bits per heavy atom. The van der Waals surface area contributed by atoms with Gasteiger partial charge in [0.15, 0.2) is 0 Å². The maximum atomic E-state index is 10.6. The summed E-state index contributed by atoms with van der Waals surface area (Å²) in [5, 5.41) is 0. The number of rotatable bonds is 4. The van der Waals surface area contributed by atoms with Crippen molar-refractivity contribution in [3.63, 3.8) is 0 Å². The second-order valence-electron chi connectivity index (χ2n) is 2.09. The van der Waals surface area contributed by atoms with Crippen LogP contribution in [0, 0.1) is 0 Å². The van der Waals surface area contributed by atoms with Gasteiger partial charge in [-0.25, -0.2) is 0 Å². The maximum Gasteiger partial charge on any atom is 0.294 e. The summed E-state index contributed by atoms with van der Waals surface area (Å²) in [5.41, 5.74) is 0. The van der Waals surface area contributed by atoms with Crippen molar-refractivity contribution in [2.45, 2.75) is 13.3 Å². The smallest absolute Gasteiger partial charge is 0.282 e. The summed E-state index contributed by atoms with van der Waals surface area (Å²) >= 11 is 0. The topological polar surface area (TPSA) is 54.4 Å². The van der Waals surface area contributed by atoms with E-state index in [2.05, 4.69) is 6.58 Å². The van der Waals surface area contributed by atoms with Gasteiger partial charge in [0.05, 0.1) is 4.91 Å². The minimum Gasteiger partial charge on any atom is -0.282 e. The van der Waals surface area contributed by atoms with E-state index < -0.39 is 10.1 Å². The van der Waals surface area contributed by atoms with Gasteiger partial charge < -0.3 is 0 Å². The molecule has 0 rings (SSSR count). The number of hydrogen-bond donors (Lipinski definition) is 1. The normalized spacial score (nSPS) is 13.7. The van der Waals surface area contributed by atoms with Crippen LogP contribution >= 0.6 is 0 Å². The van der Waals surface area contributed by atoms with Crippen LogP contribution in [0.5, 0.6) is 0 Å². The lowest BCUT2D eigenvalue weighted by molar-refractivity contribution is 0.492. The lowest BCUT2D eigenvalue weighted by atomic mass is 10.4. The summed E-state index contributed by atoms with van der Waals surface area (Å²) in [6.45, 7) is 5.20. The molecule has 0 aromatic heterocycles. The second kappa shape index (κ2) is 4.90. The van der Waals surface area contributed by atoms with Gasteiger partial charge in [-0.1, -0.05) is 25.7 Å². The molecule has 12 heavy (non-hydrogen) atoms. The molecule has 0 saturated carbocycles. The minimum absolute atomic E-state index is 0.139. The predicted molar refractivity (Wildman–Crippen MR) is 49.3 cm³/mol. The van der Waals surface area contributed by atoms with Gasteiger partial charge >= 0.3 is 0 Å². The fraction of sp³-hybridized carbons (Fsp3) is 0.250. The first-order valence-corrected chi connectivity index (χ1v) is 4.93. The molecule has 0 aliphatic carbocycles. The van der Waals surface area contributed by atoms with Crippen molar-refractivity contribution in [1.82, 2.24) is 0 Å². The Morgan fingerprint density at radius 3 is 2.50 bits per heavy atom. The summed E-state index contributed by atoms with van der Waals surface area (Å²) in [5.74, 6) is 0. The summed E-state index contributed by atoms with van der Waals surface area (Å²) in [4.78, 5) is -0.139.